The maximum absolute atomic E-state index is 13.8. The molecule has 0 rings (SSSR count). The molecule has 0 aromatic heterocycles. The van der Waals surface area contributed by atoms with Gasteiger partial charge < -0.3 is 0 Å². The smallest absolute Gasteiger partial charge is 0.200 e. The second kappa shape index (κ2) is 10.2. The number of unbranched alkanes of at least 4 members (excludes halogenated alkanes) is 5. The van der Waals surface area contributed by atoms with Gasteiger partial charge in [-0.25, -0.2) is 0 Å². The van der Waals surface area contributed by atoms with Crippen molar-refractivity contribution in [1.82, 2.24) is 0 Å². The molecule has 0 saturated carbocycles. The van der Waals surface area contributed by atoms with Crippen molar-refractivity contribution < 1.29 is 39.5 Å². The maximum atomic E-state index is 13.8. The van der Waals surface area contributed by atoms with Gasteiger partial charge in [-0.2, -0.15) is 39.5 Å². The number of hydrogen-bond acceptors (Lipinski definition) is 0. The molecule has 0 aliphatic heterocycles. The van der Waals surface area contributed by atoms with Crippen LogP contribution in [0.4, 0.5) is 39.5 Å². The van der Waals surface area contributed by atoms with Crippen LogP contribution in [0.3, 0.4) is 0 Å². The fraction of sp³-hybridized carbons (Fsp3) is 1.00. The van der Waals surface area contributed by atoms with Gasteiger partial charge in [-0.1, -0.05) is 61.4 Å². The Hall–Kier alpha value is -0.150. The second-order valence-electron chi connectivity index (χ2n) is 7.71. The summed E-state index contributed by atoms with van der Waals surface area (Å²) in [5.41, 5.74) is 0. The molecule has 0 saturated heterocycles. The van der Waals surface area contributed by atoms with Crippen molar-refractivity contribution in [3.05, 3.63) is 0 Å². The first-order chi connectivity index (χ1) is 12.4. The number of hydrogen-bond donors (Lipinski definition) is 0. The fourth-order valence-corrected chi connectivity index (χ4v) is 3.38. The molecular weight excluding hydrogens is 467 g/mol. The zero-order chi connectivity index (χ0) is 22.4. The Morgan fingerprint density at radius 1 is 0.679 bits per heavy atom. The van der Waals surface area contributed by atoms with Crippen LogP contribution in [0.25, 0.3) is 0 Å². The Labute approximate surface area is 168 Å². The van der Waals surface area contributed by atoms with Crippen molar-refractivity contribution in [3.8, 4) is 0 Å². The quantitative estimate of drug-likeness (QED) is 0.136. The third-order valence-electron chi connectivity index (χ3n) is 4.89. The van der Waals surface area contributed by atoms with Gasteiger partial charge in [0.25, 0.3) is 0 Å². The summed E-state index contributed by atoms with van der Waals surface area (Å²) in [7, 11) is 0. The summed E-state index contributed by atoms with van der Waals surface area (Å²) in [6, 6.07) is 0. The molecule has 0 amide bonds. The van der Waals surface area contributed by atoms with Crippen molar-refractivity contribution in [2.45, 2.75) is 107 Å². The van der Waals surface area contributed by atoms with E-state index in [2.05, 4.69) is 15.9 Å². The predicted octanol–water partition coefficient (Wildman–Crippen LogP) is 8.78. The number of halogens is 10. The summed E-state index contributed by atoms with van der Waals surface area (Å²) in [4.78, 5) is 0. The molecule has 0 nitrogen and oxygen atoms in total. The van der Waals surface area contributed by atoms with Crippen LogP contribution in [0.15, 0.2) is 0 Å². The van der Waals surface area contributed by atoms with Crippen LogP contribution >= 0.6 is 15.9 Å². The first-order valence-electron chi connectivity index (χ1n) is 9.31. The number of alkyl halides is 10. The van der Waals surface area contributed by atoms with Crippen molar-refractivity contribution in [3.63, 3.8) is 0 Å². The highest BCUT2D eigenvalue weighted by Crippen LogP contribution is 2.54. The lowest BCUT2D eigenvalue weighted by atomic mass is 9.84. The molecule has 28 heavy (non-hydrogen) atoms. The molecule has 0 aliphatic rings. The van der Waals surface area contributed by atoms with Crippen molar-refractivity contribution in [2.75, 3.05) is 0 Å². The average Bonchev–Trinajstić information content (AvgIpc) is 2.50. The van der Waals surface area contributed by atoms with Crippen LogP contribution in [0.1, 0.15) is 78.6 Å². The first-order valence-corrected chi connectivity index (χ1v) is 10.1. The molecule has 0 N–H and O–H groups in total. The van der Waals surface area contributed by atoms with Crippen molar-refractivity contribution in [2.24, 2.45) is 5.92 Å². The summed E-state index contributed by atoms with van der Waals surface area (Å²) < 4.78 is 116. The lowest BCUT2D eigenvalue weighted by Gasteiger charge is -2.35. The third-order valence-corrected chi connectivity index (χ3v) is 5.54. The summed E-state index contributed by atoms with van der Waals surface area (Å²) in [5, 5.41) is 0. The highest BCUT2D eigenvalue weighted by Gasteiger charge is 2.81. The lowest BCUT2D eigenvalue weighted by Crippen LogP contribution is -2.60. The minimum atomic E-state index is -6.82. The van der Waals surface area contributed by atoms with Crippen LogP contribution < -0.4 is 0 Å². The van der Waals surface area contributed by atoms with Gasteiger partial charge in [0.15, 0.2) is 0 Å². The van der Waals surface area contributed by atoms with Crippen LogP contribution in [-0.2, 0) is 0 Å². The van der Waals surface area contributed by atoms with Crippen molar-refractivity contribution >= 4 is 15.9 Å². The van der Waals surface area contributed by atoms with E-state index in [1.165, 1.54) is 0 Å². The summed E-state index contributed by atoms with van der Waals surface area (Å²) in [5.74, 6) is -19.4. The molecule has 0 aromatic rings. The molecule has 1 unspecified atom stereocenters. The van der Waals surface area contributed by atoms with Crippen LogP contribution in [-0.4, -0.2) is 28.3 Å². The standard InChI is InChI=1S/C18H28BrF9/c1-4-5-6-7-8-9-10-13(14(2,3)19)11-12-15(20,21)16(22,23)17(24,25)18(26,27)28/h13H,4-12H2,1-3H3. The summed E-state index contributed by atoms with van der Waals surface area (Å²) in [6.45, 7) is 5.28. The van der Waals surface area contributed by atoms with Gasteiger partial charge in [0, 0.05) is 10.7 Å². The number of rotatable bonds is 13. The second-order valence-corrected chi connectivity index (χ2v) is 9.75. The largest absolute Gasteiger partial charge is 0.460 e. The maximum Gasteiger partial charge on any atom is 0.460 e. The van der Waals surface area contributed by atoms with Crippen LogP contribution in [0, 0.1) is 5.92 Å². The Morgan fingerprint density at radius 3 is 1.57 bits per heavy atom. The Bertz CT molecular complexity index is 453. The molecule has 0 spiro atoms. The molecule has 170 valence electrons. The van der Waals surface area contributed by atoms with Gasteiger partial charge in [-0.15, -0.1) is 0 Å². The van der Waals surface area contributed by atoms with E-state index < -0.39 is 47.0 Å². The van der Waals surface area contributed by atoms with Gasteiger partial charge in [-0.05, 0) is 32.6 Å². The molecule has 1 atom stereocenters. The minimum absolute atomic E-state index is 0.377. The van der Waals surface area contributed by atoms with E-state index >= 15 is 0 Å². The highest BCUT2D eigenvalue weighted by molar-refractivity contribution is 9.10. The molecule has 0 bridgehead atoms. The van der Waals surface area contributed by atoms with E-state index in [1.54, 1.807) is 13.8 Å². The lowest BCUT2D eigenvalue weighted by molar-refractivity contribution is -0.397. The van der Waals surface area contributed by atoms with Gasteiger partial charge >= 0.3 is 23.9 Å². The predicted molar refractivity (Wildman–Crippen MR) is 94.6 cm³/mol. The van der Waals surface area contributed by atoms with Gasteiger partial charge in [-0.3, -0.25) is 0 Å². The average molecular weight is 495 g/mol. The topological polar surface area (TPSA) is 0 Å². The zero-order valence-corrected chi connectivity index (χ0v) is 17.8. The monoisotopic (exact) mass is 494 g/mol. The molecular formula is C18H28BrF9. The Kier molecular flexibility index (Phi) is 10.2. The van der Waals surface area contributed by atoms with E-state index in [0.717, 1.165) is 32.1 Å². The van der Waals surface area contributed by atoms with Gasteiger partial charge in [0.2, 0.25) is 0 Å². The van der Waals surface area contributed by atoms with Crippen molar-refractivity contribution in [1.29, 1.82) is 0 Å². The highest BCUT2D eigenvalue weighted by atomic mass is 79.9. The summed E-state index contributed by atoms with van der Waals surface area (Å²) in [6.07, 6.45) is -3.29. The van der Waals surface area contributed by atoms with Gasteiger partial charge in [0.1, 0.15) is 0 Å². The molecule has 0 heterocycles. The van der Waals surface area contributed by atoms with E-state index in [9.17, 15) is 39.5 Å². The Balaban J connectivity index is 5.03. The minimum Gasteiger partial charge on any atom is -0.200 e. The van der Waals surface area contributed by atoms with E-state index in [0.29, 0.717) is 12.8 Å². The normalized spacial score (nSPS) is 15.8. The Morgan fingerprint density at radius 2 is 1.14 bits per heavy atom. The fourth-order valence-electron chi connectivity index (χ4n) is 2.92. The summed E-state index contributed by atoms with van der Waals surface area (Å²) >= 11 is 3.27. The van der Waals surface area contributed by atoms with E-state index in [1.807, 2.05) is 6.92 Å². The van der Waals surface area contributed by atoms with E-state index in [-0.39, 0.29) is 0 Å². The molecule has 0 aromatic carbocycles. The SMILES string of the molecule is CCCCCCCCC(CCC(F)(F)C(F)(F)C(F)(F)C(F)(F)F)C(C)(C)Br. The third kappa shape index (κ3) is 7.27. The molecule has 10 heteroatoms. The van der Waals surface area contributed by atoms with Gasteiger partial charge in [0.05, 0.1) is 0 Å². The van der Waals surface area contributed by atoms with E-state index in [4.69, 9.17) is 0 Å². The first kappa shape index (κ1) is 27.8. The van der Waals surface area contributed by atoms with Crippen LogP contribution in [0.5, 0.6) is 0 Å². The zero-order valence-electron chi connectivity index (χ0n) is 16.2. The van der Waals surface area contributed by atoms with Crippen LogP contribution in [0.2, 0.25) is 0 Å². The molecule has 0 fully saturated rings. The molecule has 0 aliphatic carbocycles. The molecule has 0 radical (unpaired) electrons.